The van der Waals surface area contributed by atoms with Crippen molar-refractivity contribution in [2.75, 3.05) is 18.5 Å². The number of halogens is 1. The maximum Gasteiger partial charge on any atom is 0.0414 e. The molecule has 0 aromatic heterocycles. The van der Waals surface area contributed by atoms with Crippen LogP contribution in [0, 0.1) is 0 Å². The number of fused-ring (bicyclic) bond motifs is 2. The molecule has 1 fully saturated rings. The van der Waals surface area contributed by atoms with Gasteiger partial charge in [0.15, 0.2) is 0 Å². The molecule has 0 amide bonds. The highest BCUT2D eigenvalue weighted by Gasteiger charge is 2.41. The lowest BCUT2D eigenvalue weighted by atomic mass is 9.71. The molecule has 1 spiro atoms. The van der Waals surface area contributed by atoms with Gasteiger partial charge in [0, 0.05) is 29.2 Å². The number of hydrogen-bond acceptors (Lipinski definition) is 1. The molecule has 1 aromatic rings. The molecule has 3 rings (SSSR count). The van der Waals surface area contributed by atoms with Crippen molar-refractivity contribution >= 4 is 21.6 Å². The van der Waals surface area contributed by atoms with Crippen LogP contribution in [0.3, 0.4) is 0 Å². The van der Waals surface area contributed by atoms with E-state index >= 15 is 0 Å². The Morgan fingerprint density at radius 1 is 1.19 bits per heavy atom. The van der Waals surface area contributed by atoms with Crippen molar-refractivity contribution in [1.29, 1.82) is 0 Å². The van der Waals surface area contributed by atoms with Gasteiger partial charge in [-0.2, -0.15) is 0 Å². The molecule has 2 heteroatoms. The third kappa shape index (κ3) is 1.50. The number of anilines is 1. The fourth-order valence-corrected chi connectivity index (χ4v) is 3.90. The molecule has 1 saturated carbocycles. The summed E-state index contributed by atoms with van der Waals surface area (Å²) in [5.41, 5.74) is 3.51. The summed E-state index contributed by atoms with van der Waals surface area (Å²) in [6.45, 7) is 1.22. The van der Waals surface area contributed by atoms with Gasteiger partial charge in [-0.25, -0.2) is 0 Å². The predicted molar refractivity (Wildman–Crippen MR) is 72.2 cm³/mol. The highest BCUT2D eigenvalue weighted by molar-refractivity contribution is 9.10. The highest BCUT2D eigenvalue weighted by atomic mass is 79.9. The molecule has 0 radical (unpaired) electrons. The Morgan fingerprint density at radius 2 is 1.94 bits per heavy atom. The van der Waals surface area contributed by atoms with Crippen molar-refractivity contribution in [1.82, 2.24) is 0 Å². The van der Waals surface area contributed by atoms with E-state index in [0.29, 0.717) is 5.41 Å². The predicted octanol–water partition coefficient (Wildman–Crippen LogP) is 4.10. The van der Waals surface area contributed by atoms with Gasteiger partial charge >= 0.3 is 0 Å². The number of benzene rings is 1. The minimum atomic E-state index is 0.475. The quantitative estimate of drug-likeness (QED) is 0.691. The Bertz CT molecular complexity index is 407. The Kier molecular flexibility index (Phi) is 2.50. The van der Waals surface area contributed by atoms with Gasteiger partial charge in [-0.15, -0.1) is 0 Å². The van der Waals surface area contributed by atoms with Crippen molar-refractivity contribution in [2.24, 2.45) is 0 Å². The summed E-state index contributed by atoms with van der Waals surface area (Å²) in [7, 11) is 2.23. The third-order valence-electron chi connectivity index (χ3n) is 4.29. The van der Waals surface area contributed by atoms with Crippen LogP contribution < -0.4 is 4.90 Å². The maximum absolute atomic E-state index is 3.58. The first kappa shape index (κ1) is 10.6. The highest BCUT2D eigenvalue weighted by Crippen LogP contribution is 2.49. The number of nitrogens with zero attached hydrogens (tertiary/aromatic N) is 1. The van der Waals surface area contributed by atoms with Gasteiger partial charge in [0.05, 0.1) is 0 Å². The number of rotatable bonds is 0. The van der Waals surface area contributed by atoms with E-state index in [2.05, 4.69) is 46.1 Å². The van der Waals surface area contributed by atoms with Gasteiger partial charge in [0.25, 0.3) is 0 Å². The van der Waals surface area contributed by atoms with E-state index in [0.717, 1.165) is 0 Å². The van der Waals surface area contributed by atoms with Crippen molar-refractivity contribution in [3.8, 4) is 0 Å². The fourth-order valence-electron chi connectivity index (χ4n) is 3.55. The first-order chi connectivity index (χ1) is 7.71. The van der Waals surface area contributed by atoms with Crippen LogP contribution >= 0.6 is 15.9 Å². The fraction of sp³-hybridized carbons (Fsp3) is 0.571. The van der Waals surface area contributed by atoms with Crippen LogP contribution in [-0.2, 0) is 5.41 Å². The molecule has 0 unspecified atom stereocenters. The van der Waals surface area contributed by atoms with E-state index in [1.165, 1.54) is 48.8 Å². The normalized spacial score (nSPS) is 22.5. The lowest BCUT2D eigenvalue weighted by Gasteiger charge is -2.34. The van der Waals surface area contributed by atoms with Gasteiger partial charge in [-0.05, 0) is 30.5 Å². The van der Waals surface area contributed by atoms with Crippen LogP contribution in [0.2, 0.25) is 0 Å². The molecular weight excluding hydrogens is 262 g/mol. The molecular formula is C14H18BrN. The first-order valence-electron chi connectivity index (χ1n) is 6.22. The van der Waals surface area contributed by atoms with Crippen molar-refractivity contribution < 1.29 is 0 Å². The third-order valence-corrected chi connectivity index (χ3v) is 4.79. The van der Waals surface area contributed by atoms with Crippen LogP contribution in [0.4, 0.5) is 5.69 Å². The van der Waals surface area contributed by atoms with Crippen molar-refractivity contribution in [3.63, 3.8) is 0 Å². The van der Waals surface area contributed by atoms with E-state index in [9.17, 15) is 0 Å². The van der Waals surface area contributed by atoms with E-state index in [1.54, 1.807) is 5.56 Å². The molecule has 0 atom stereocenters. The van der Waals surface area contributed by atoms with Crippen LogP contribution in [0.15, 0.2) is 22.7 Å². The molecule has 86 valence electrons. The Labute approximate surface area is 106 Å². The zero-order chi connectivity index (χ0) is 11.2. The Morgan fingerprint density at radius 3 is 2.69 bits per heavy atom. The second-order valence-electron chi connectivity index (χ2n) is 5.36. The molecule has 1 heterocycles. The summed E-state index contributed by atoms with van der Waals surface area (Å²) >= 11 is 3.58. The van der Waals surface area contributed by atoms with Gasteiger partial charge in [-0.1, -0.05) is 41.3 Å². The van der Waals surface area contributed by atoms with Crippen LogP contribution in [0.25, 0.3) is 0 Å². The van der Waals surface area contributed by atoms with Crippen LogP contribution in [0.5, 0.6) is 0 Å². The number of hydrogen-bond donors (Lipinski definition) is 0. The van der Waals surface area contributed by atoms with Gasteiger partial charge in [-0.3, -0.25) is 0 Å². The summed E-state index contributed by atoms with van der Waals surface area (Å²) in [4.78, 5) is 2.44. The smallest absolute Gasteiger partial charge is 0.0414 e. The maximum atomic E-state index is 3.58. The molecule has 0 saturated heterocycles. The summed E-state index contributed by atoms with van der Waals surface area (Å²) in [6.07, 6.45) is 7.00. The standard InChI is InChI=1S/C14H18BrN/c1-16-10-14(7-3-2-4-8-14)12-6-5-11(15)9-13(12)16/h5-6,9H,2-4,7-8,10H2,1H3. The summed E-state index contributed by atoms with van der Waals surface area (Å²) in [5, 5.41) is 0. The van der Waals surface area contributed by atoms with E-state index in [-0.39, 0.29) is 0 Å². The van der Waals surface area contributed by atoms with E-state index < -0.39 is 0 Å². The minimum Gasteiger partial charge on any atom is -0.373 e. The van der Waals surface area contributed by atoms with E-state index in [4.69, 9.17) is 0 Å². The molecule has 1 nitrogen and oxygen atoms in total. The molecule has 0 bridgehead atoms. The Hall–Kier alpha value is -0.500. The Balaban J connectivity index is 2.07. The van der Waals surface area contributed by atoms with Gasteiger partial charge < -0.3 is 4.90 Å². The summed E-state index contributed by atoms with van der Waals surface area (Å²) in [6, 6.07) is 6.82. The van der Waals surface area contributed by atoms with Crippen LogP contribution in [-0.4, -0.2) is 13.6 Å². The zero-order valence-corrected chi connectivity index (χ0v) is 11.4. The van der Waals surface area contributed by atoms with Gasteiger partial charge in [0.2, 0.25) is 0 Å². The zero-order valence-electron chi connectivity index (χ0n) is 9.80. The average molecular weight is 280 g/mol. The topological polar surface area (TPSA) is 3.24 Å². The molecule has 0 N–H and O–H groups in total. The lowest BCUT2D eigenvalue weighted by molar-refractivity contribution is 0.312. The van der Waals surface area contributed by atoms with Crippen molar-refractivity contribution in [3.05, 3.63) is 28.2 Å². The van der Waals surface area contributed by atoms with Crippen molar-refractivity contribution in [2.45, 2.75) is 37.5 Å². The molecule has 1 aliphatic heterocycles. The van der Waals surface area contributed by atoms with E-state index in [1.807, 2.05) is 0 Å². The lowest BCUT2D eigenvalue weighted by Crippen LogP contribution is -2.33. The second kappa shape index (κ2) is 3.76. The molecule has 1 aromatic carbocycles. The molecule has 16 heavy (non-hydrogen) atoms. The monoisotopic (exact) mass is 279 g/mol. The minimum absolute atomic E-state index is 0.475. The van der Waals surface area contributed by atoms with Crippen LogP contribution in [0.1, 0.15) is 37.7 Å². The largest absolute Gasteiger partial charge is 0.373 e. The molecule has 1 aliphatic carbocycles. The SMILES string of the molecule is CN1CC2(CCCCC2)c2ccc(Br)cc21. The van der Waals surface area contributed by atoms with Gasteiger partial charge in [0.1, 0.15) is 0 Å². The first-order valence-corrected chi connectivity index (χ1v) is 7.02. The number of likely N-dealkylation sites (N-methyl/N-ethyl adjacent to an activating group) is 1. The average Bonchev–Trinajstić information content (AvgIpc) is 2.53. The second-order valence-corrected chi connectivity index (χ2v) is 6.27. The summed E-state index contributed by atoms with van der Waals surface area (Å²) in [5.74, 6) is 0. The molecule has 2 aliphatic rings. The summed E-state index contributed by atoms with van der Waals surface area (Å²) < 4.78 is 1.20.